The molecule has 1 aliphatic rings. The summed E-state index contributed by atoms with van der Waals surface area (Å²) in [5.74, 6) is 0. The van der Waals surface area contributed by atoms with Gasteiger partial charge in [0.15, 0.2) is 0 Å². The quantitative estimate of drug-likeness (QED) is 0.917. The van der Waals surface area contributed by atoms with Gasteiger partial charge in [0.2, 0.25) is 0 Å². The van der Waals surface area contributed by atoms with Crippen LogP contribution in [0.1, 0.15) is 24.8 Å². The summed E-state index contributed by atoms with van der Waals surface area (Å²) >= 11 is 0. The number of H-pyrrole nitrogens is 1. The van der Waals surface area contributed by atoms with Gasteiger partial charge in [0, 0.05) is 13.1 Å². The Hall–Kier alpha value is -1.55. The van der Waals surface area contributed by atoms with Crippen LogP contribution < -0.4 is 5.69 Å². The van der Waals surface area contributed by atoms with Gasteiger partial charge in [-0.1, -0.05) is 18.6 Å². The van der Waals surface area contributed by atoms with Crippen LogP contribution >= 0.6 is 0 Å². The second kappa shape index (κ2) is 5.21. The highest BCUT2D eigenvalue weighted by Gasteiger charge is 2.12. The van der Waals surface area contributed by atoms with E-state index in [0.29, 0.717) is 0 Å². The van der Waals surface area contributed by atoms with Crippen molar-refractivity contribution in [2.75, 3.05) is 19.6 Å². The molecule has 0 atom stereocenters. The number of hydrogen-bond donors (Lipinski definition) is 1. The number of rotatable bonds is 3. The Morgan fingerprint density at radius 3 is 2.74 bits per heavy atom. The van der Waals surface area contributed by atoms with Gasteiger partial charge in [-0.3, -0.25) is 4.57 Å². The van der Waals surface area contributed by atoms with Crippen LogP contribution in [0.25, 0.3) is 11.0 Å². The van der Waals surface area contributed by atoms with Gasteiger partial charge in [-0.2, -0.15) is 0 Å². The standard InChI is InChI=1S/C15H21N3O/c1-12-6-5-7-13-14(12)16-15(19)18(13)11-10-17-8-3-2-4-9-17/h5-7H,2-4,8-11H2,1H3,(H,16,19). The van der Waals surface area contributed by atoms with Crippen LogP contribution in [0.15, 0.2) is 23.0 Å². The second-order valence-corrected chi connectivity index (χ2v) is 5.45. The smallest absolute Gasteiger partial charge is 0.305 e. The van der Waals surface area contributed by atoms with Gasteiger partial charge in [0.1, 0.15) is 0 Å². The Morgan fingerprint density at radius 2 is 1.95 bits per heavy atom. The minimum absolute atomic E-state index is 0.0151. The number of benzene rings is 1. The first kappa shape index (κ1) is 12.5. The van der Waals surface area contributed by atoms with Crippen LogP contribution in [0.5, 0.6) is 0 Å². The van der Waals surface area contributed by atoms with E-state index >= 15 is 0 Å². The Bertz CT molecular complexity index is 620. The van der Waals surface area contributed by atoms with E-state index in [9.17, 15) is 4.79 Å². The SMILES string of the molecule is Cc1cccc2c1[nH]c(=O)n2CCN1CCCCC1. The van der Waals surface area contributed by atoms with Crippen molar-refractivity contribution in [3.63, 3.8) is 0 Å². The van der Waals surface area contributed by atoms with Crippen LogP contribution in [-0.2, 0) is 6.54 Å². The zero-order chi connectivity index (χ0) is 13.2. The largest absolute Gasteiger partial charge is 0.326 e. The van der Waals surface area contributed by atoms with E-state index in [1.165, 1.54) is 32.4 Å². The molecule has 19 heavy (non-hydrogen) atoms. The van der Waals surface area contributed by atoms with Crippen molar-refractivity contribution in [2.45, 2.75) is 32.7 Å². The normalized spacial score (nSPS) is 17.1. The van der Waals surface area contributed by atoms with Crippen molar-refractivity contribution in [1.82, 2.24) is 14.5 Å². The summed E-state index contributed by atoms with van der Waals surface area (Å²) in [7, 11) is 0. The molecule has 0 spiro atoms. The van der Waals surface area contributed by atoms with Gasteiger partial charge in [0.25, 0.3) is 0 Å². The lowest BCUT2D eigenvalue weighted by molar-refractivity contribution is 0.221. The Labute approximate surface area is 113 Å². The molecule has 1 N–H and O–H groups in total. The van der Waals surface area contributed by atoms with Gasteiger partial charge < -0.3 is 9.88 Å². The lowest BCUT2D eigenvalue weighted by Gasteiger charge is -2.26. The van der Waals surface area contributed by atoms with Crippen LogP contribution in [-0.4, -0.2) is 34.1 Å². The number of fused-ring (bicyclic) bond motifs is 1. The van der Waals surface area contributed by atoms with Crippen molar-refractivity contribution < 1.29 is 0 Å². The van der Waals surface area contributed by atoms with E-state index in [-0.39, 0.29) is 5.69 Å². The molecule has 1 aromatic carbocycles. The average Bonchev–Trinajstić information content (AvgIpc) is 2.75. The molecule has 3 rings (SSSR count). The van der Waals surface area contributed by atoms with Crippen molar-refractivity contribution in [2.24, 2.45) is 0 Å². The monoisotopic (exact) mass is 259 g/mol. The Morgan fingerprint density at radius 1 is 1.16 bits per heavy atom. The number of likely N-dealkylation sites (tertiary alicyclic amines) is 1. The number of aromatic nitrogens is 2. The van der Waals surface area contributed by atoms with E-state index in [0.717, 1.165) is 29.7 Å². The molecule has 2 heterocycles. The minimum Gasteiger partial charge on any atom is -0.305 e. The van der Waals surface area contributed by atoms with E-state index in [1.54, 1.807) is 0 Å². The topological polar surface area (TPSA) is 41.0 Å². The molecule has 1 aromatic heterocycles. The maximum Gasteiger partial charge on any atom is 0.326 e. The van der Waals surface area contributed by atoms with Gasteiger partial charge in [0.05, 0.1) is 11.0 Å². The summed E-state index contributed by atoms with van der Waals surface area (Å²) in [4.78, 5) is 17.5. The van der Waals surface area contributed by atoms with E-state index in [2.05, 4.69) is 9.88 Å². The first-order valence-electron chi connectivity index (χ1n) is 7.16. The third kappa shape index (κ3) is 2.45. The minimum atomic E-state index is 0.0151. The molecule has 0 aliphatic carbocycles. The maximum absolute atomic E-state index is 12.1. The number of nitrogens with one attached hydrogen (secondary N) is 1. The molecule has 4 nitrogen and oxygen atoms in total. The molecular formula is C15H21N3O. The predicted octanol–water partition coefficient (Wildman–Crippen LogP) is 2.12. The van der Waals surface area contributed by atoms with Crippen LogP contribution in [0.3, 0.4) is 0 Å². The van der Waals surface area contributed by atoms with E-state index in [1.807, 2.05) is 29.7 Å². The number of aromatic amines is 1. The number of aryl methyl sites for hydroxylation is 1. The molecule has 0 amide bonds. The second-order valence-electron chi connectivity index (χ2n) is 5.45. The molecular weight excluding hydrogens is 238 g/mol. The molecule has 0 saturated carbocycles. The zero-order valence-electron chi connectivity index (χ0n) is 11.5. The summed E-state index contributed by atoms with van der Waals surface area (Å²) in [6, 6.07) is 6.08. The van der Waals surface area contributed by atoms with Crippen molar-refractivity contribution in [3.8, 4) is 0 Å². The number of nitrogens with zero attached hydrogens (tertiary/aromatic N) is 2. The zero-order valence-corrected chi connectivity index (χ0v) is 11.5. The highest BCUT2D eigenvalue weighted by Crippen LogP contribution is 2.15. The fraction of sp³-hybridized carbons (Fsp3) is 0.533. The molecule has 1 saturated heterocycles. The number of para-hydroxylation sites is 1. The molecule has 0 radical (unpaired) electrons. The fourth-order valence-electron chi connectivity index (χ4n) is 2.97. The Balaban J connectivity index is 1.82. The highest BCUT2D eigenvalue weighted by molar-refractivity contribution is 5.78. The van der Waals surface area contributed by atoms with Crippen LogP contribution in [0.2, 0.25) is 0 Å². The van der Waals surface area contributed by atoms with Gasteiger partial charge >= 0.3 is 5.69 Å². The molecule has 1 fully saturated rings. The lowest BCUT2D eigenvalue weighted by atomic mass is 10.1. The van der Waals surface area contributed by atoms with Gasteiger partial charge in [-0.25, -0.2) is 4.79 Å². The molecule has 2 aromatic rings. The summed E-state index contributed by atoms with van der Waals surface area (Å²) in [5.41, 5.74) is 3.15. The number of imidazole rings is 1. The van der Waals surface area contributed by atoms with Crippen LogP contribution in [0.4, 0.5) is 0 Å². The summed E-state index contributed by atoms with van der Waals surface area (Å²) in [5, 5.41) is 0. The molecule has 4 heteroatoms. The number of hydrogen-bond acceptors (Lipinski definition) is 2. The van der Waals surface area contributed by atoms with Crippen molar-refractivity contribution >= 4 is 11.0 Å². The first-order chi connectivity index (χ1) is 9.25. The van der Waals surface area contributed by atoms with E-state index in [4.69, 9.17) is 0 Å². The highest BCUT2D eigenvalue weighted by atomic mass is 16.1. The summed E-state index contributed by atoms with van der Waals surface area (Å²) < 4.78 is 1.87. The predicted molar refractivity (Wildman–Crippen MR) is 77.6 cm³/mol. The average molecular weight is 259 g/mol. The molecule has 0 bridgehead atoms. The van der Waals surface area contributed by atoms with Crippen molar-refractivity contribution in [3.05, 3.63) is 34.2 Å². The first-order valence-corrected chi connectivity index (χ1v) is 7.16. The Kier molecular flexibility index (Phi) is 3.42. The summed E-state index contributed by atoms with van der Waals surface area (Å²) in [6.07, 6.45) is 3.94. The van der Waals surface area contributed by atoms with Crippen LogP contribution in [0, 0.1) is 6.92 Å². The fourth-order valence-corrected chi connectivity index (χ4v) is 2.97. The number of piperidine rings is 1. The van der Waals surface area contributed by atoms with Crippen molar-refractivity contribution in [1.29, 1.82) is 0 Å². The van der Waals surface area contributed by atoms with Gasteiger partial charge in [-0.15, -0.1) is 0 Å². The van der Waals surface area contributed by atoms with E-state index < -0.39 is 0 Å². The third-order valence-corrected chi connectivity index (χ3v) is 4.11. The molecule has 0 unspecified atom stereocenters. The maximum atomic E-state index is 12.1. The lowest BCUT2D eigenvalue weighted by Crippen LogP contribution is -2.34. The third-order valence-electron chi connectivity index (χ3n) is 4.11. The van der Waals surface area contributed by atoms with Gasteiger partial charge in [-0.05, 0) is 44.5 Å². The molecule has 1 aliphatic heterocycles. The summed E-state index contributed by atoms with van der Waals surface area (Å²) in [6.45, 7) is 6.14. The molecule has 102 valence electrons.